The molecule has 0 aromatic carbocycles. The number of carbonyl (C=O) groups is 1. The van der Waals surface area contributed by atoms with Crippen LogP contribution in [0.4, 0.5) is 0 Å². The first-order chi connectivity index (χ1) is 9.79. The molecule has 0 aromatic rings. The van der Waals surface area contributed by atoms with Crippen molar-refractivity contribution in [2.75, 3.05) is 33.3 Å². The van der Waals surface area contributed by atoms with Gasteiger partial charge in [-0.15, -0.1) is 0 Å². The molecular weight excluding hydrogens is 252 g/mol. The SMILES string of the molecule is CNCCC1CCN(C(=O)COC2CCCCC2)CC1. The second kappa shape index (κ2) is 8.63. The molecule has 1 saturated carbocycles. The van der Waals surface area contributed by atoms with Crippen molar-refractivity contribution in [2.24, 2.45) is 5.92 Å². The first-order valence-electron chi connectivity index (χ1n) is 8.33. The average molecular weight is 282 g/mol. The Balaban J connectivity index is 1.61. The van der Waals surface area contributed by atoms with Gasteiger partial charge in [-0.2, -0.15) is 0 Å². The van der Waals surface area contributed by atoms with Crippen molar-refractivity contribution >= 4 is 5.91 Å². The van der Waals surface area contributed by atoms with Crippen LogP contribution in [0, 0.1) is 5.92 Å². The van der Waals surface area contributed by atoms with Gasteiger partial charge < -0.3 is 15.0 Å². The van der Waals surface area contributed by atoms with E-state index in [1.54, 1.807) is 0 Å². The molecular formula is C16H30N2O2. The number of ether oxygens (including phenoxy) is 1. The molecule has 4 heteroatoms. The molecule has 1 heterocycles. The van der Waals surface area contributed by atoms with Crippen molar-refractivity contribution in [1.29, 1.82) is 0 Å². The Labute approximate surface area is 123 Å². The van der Waals surface area contributed by atoms with Crippen molar-refractivity contribution < 1.29 is 9.53 Å². The lowest BCUT2D eigenvalue weighted by atomic mass is 9.93. The molecule has 0 atom stereocenters. The van der Waals surface area contributed by atoms with E-state index in [0.717, 1.165) is 51.2 Å². The summed E-state index contributed by atoms with van der Waals surface area (Å²) in [6.07, 6.45) is 9.99. The molecule has 0 radical (unpaired) electrons. The van der Waals surface area contributed by atoms with E-state index in [1.807, 2.05) is 11.9 Å². The average Bonchev–Trinajstić information content (AvgIpc) is 2.52. The Morgan fingerprint density at radius 3 is 2.50 bits per heavy atom. The van der Waals surface area contributed by atoms with E-state index in [1.165, 1.54) is 25.7 Å². The van der Waals surface area contributed by atoms with E-state index >= 15 is 0 Å². The molecule has 2 fully saturated rings. The number of hydrogen-bond donors (Lipinski definition) is 1. The largest absolute Gasteiger partial charge is 0.368 e. The van der Waals surface area contributed by atoms with E-state index in [2.05, 4.69) is 5.32 Å². The lowest BCUT2D eigenvalue weighted by Crippen LogP contribution is -2.41. The fourth-order valence-corrected chi connectivity index (χ4v) is 3.33. The second-order valence-corrected chi connectivity index (χ2v) is 6.29. The summed E-state index contributed by atoms with van der Waals surface area (Å²) in [6.45, 7) is 3.22. The Kier molecular flexibility index (Phi) is 6.80. The Morgan fingerprint density at radius 1 is 1.15 bits per heavy atom. The molecule has 1 saturated heterocycles. The highest BCUT2D eigenvalue weighted by Crippen LogP contribution is 2.22. The third kappa shape index (κ3) is 5.06. The highest BCUT2D eigenvalue weighted by Gasteiger charge is 2.23. The standard InChI is InChI=1S/C16H30N2O2/c1-17-10-7-14-8-11-18(12-9-14)16(19)13-20-15-5-3-2-4-6-15/h14-15,17H,2-13H2,1H3. The van der Waals surface area contributed by atoms with Crippen LogP contribution in [0.2, 0.25) is 0 Å². The second-order valence-electron chi connectivity index (χ2n) is 6.29. The lowest BCUT2D eigenvalue weighted by molar-refractivity contribution is -0.140. The monoisotopic (exact) mass is 282 g/mol. The van der Waals surface area contributed by atoms with Gasteiger partial charge >= 0.3 is 0 Å². The zero-order chi connectivity index (χ0) is 14.2. The molecule has 0 spiro atoms. The molecule has 0 unspecified atom stereocenters. The maximum atomic E-state index is 12.2. The topological polar surface area (TPSA) is 41.6 Å². The fraction of sp³-hybridized carbons (Fsp3) is 0.938. The van der Waals surface area contributed by atoms with Gasteiger partial charge in [-0.1, -0.05) is 19.3 Å². The van der Waals surface area contributed by atoms with Crippen LogP contribution in [0.15, 0.2) is 0 Å². The molecule has 1 N–H and O–H groups in total. The summed E-state index contributed by atoms with van der Waals surface area (Å²) < 4.78 is 5.79. The van der Waals surface area contributed by atoms with E-state index in [-0.39, 0.29) is 5.91 Å². The molecule has 20 heavy (non-hydrogen) atoms. The predicted molar refractivity (Wildman–Crippen MR) is 80.7 cm³/mol. The van der Waals surface area contributed by atoms with Crippen molar-refractivity contribution in [3.05, 3.63) is 0 Å². The van der Waals surface area contributed by atoms with Gasteiger partial charge in [0.25, 0.3) is 0 Å². The van der Waals surface area contributed by atoms with Crippen molar-refractivity contribution in [3.8, 4) is 0 Å². The number of hydrogen-bond acceptors (Lipinski definition) is 3. The summed E-state index contributed by atoms with van der Waals surface area (Å²) in [4.78, 5) is 14.1. The van der Waals surface area contributed by atoms with Crippen LogP contribution in [0.3, 0.4) is 0 Å². The lowest BCUT2D eigenvalue weighted by Gasteiger charge is -2.32. The van der Waals surface area contributed by atoms with E-state index in [0.29, 0.717) is 12.7 Å². The summed E-state index contributed by atoms with van der Waals surface area (Å²) in [6, 6.07) is 0. The molecule has 2 rings (SSSR count). The smallest absolute Gasteiger partial charge is 0.248 e. The first kappa shape index (κ1) is 15.8. The normalized spacial score (nSPS) is 22.1. The van der Waals surface area contributed by atoms with Gasteiger partial charge in [-0.3, -0.25) is 4.79 Å². The number of nitrogens with one attached hydrogen (secondary N) is 1. The van der Waals surface area contributed by atoms with Gasteiger partial charge in [0.05, 0.1) is 6.10 Å². The van der Waals surface area contributed by atoms with Gasteiger partial charge in [-0.25, -0.2) is 0 Å². The third-order valence-corrected chi connectivity index (χ3v) is 4.76. The molecule has 0 aromatic heterocycles. The fourth-order valence-electron chi connectivity index (χ4n) is 3.33. The molecule has 116 valence electrons. The van der Waals surface area contributed by atoms with E-state index in [9.17, 15) is 4.79 Å². The van der Waals surface area contributed by atoms with Crippen LogP contribution >= 0.6 is 0 Å². The van der Waals surface area contributed by atoms with Gasteiger partial charge in [0, 0.05) is 13.1 Å². The summed E-state index contributed by atoms with van der Waals surface area (Å²) in [5.41, 5.74) is 0. The molecule has 1 aliphatic carbocycles. The van der Waals surface area contributed by atoms with Gasteiger partial charge in [0.15, 0.2) is 0 Å². The summed E-state index contributed by atoms with van der Waals surface area (Å²) in [5, 5.41) is 3.21. The zero-order valence-corrected chi connectivity index (χ0v) is 12.9. The number of nitrogens with zero attached hydrogens (tertiary/aromatic N) is 1. The van der Waals surface area contributed by atoms with Crippen LogP contribution < -0.4 is 5.32 Å². The molecule has 1 amide bonds. The Bertz CT molecular complexity index is 282. The van der Waals surface area contributed by atoms with Gasteiger partial charge in [-0.05, 0) is 51.6 Å². The van der Waals surface area contributed by atoms with Crippen molar-refractivity contribution in [2.45, 2.75) is 57.5 Å². The summed E-state index contributed by atoms with van der Waals surface area (Å²) in [5.74, 6) is 0.980. The van der Waals surface area contributed by atoms with Gasteiger partial charge in [0.1, 0.15) is 6.61 Å². The Hall–Kier alpha value is -0.610. The third-order valence-electron chi connectivity index (χ3n) is 4.76. The first-order valence-corrected chi connectivity index (χ1v) is 8.33. The maximum absolute atomic E-state index is 12.2. The number of carbonyl (C=O) groups excluding carboxylic acids is 1. The van der Waals surface area contributed by atoms with Crippen LogP contribution in [0.1, 0.15) is 51.4 Å². The molecule has 1 aliphatic heterocycles. The number of amides is 1. The van der Waals surface area contributed by atoms with Crippen LogP contribution in [-0.4, -0.2) is 50.2 Å². The van der Waals surface area contributed by atoms with Crippen molar-refractivity contribution in [1.82, 2.24) is 10.2 Å². The minimum Gasteiger partial charge on any atom is -0.368 e. The van der Waals surface area contributed by atoms with Crippen LogP contribution in [0.5, 0.6) is 0 Å². The van der Waals surface area contributed by atoms with Crippen LogP contribution in [0.25, 0.3) is 0 Å². The summed E-state index contributed by atoms with van der Waals surface area (Å²) in [7, 11) is 2.00. The zero-order valence-electron chi connectivity index (χ0n) is 12.9. The number of piperidine rings is 1. The highest BCUT2D eigenvalue weighted by atomic mass is 16.5. The summed E-state index contributed by atoms with van der Waals surface area (Å²) >= 11 is 0. The maximum Gasteiger partial charge on any atom is 0.248 e. The number of likely N-dealkylation sites (tertiary alicyclic amines) is 1. The van der Waals surface area contributed by atoms with E-state index < -0.39 is 0 Å². The van der Waals surface area contributed by atoms with Crippen molar-refractivity contribution in [3.63, 3.8) is 0 Å². The van der Waals surface area contributed by atoms with E-state index in [4.69, 9.17) is 4.74 Å². The van der Waals surface area contributed by atoms with Crippen LogP contribution in [-0.2, 0) is 9.53 Å². The number of rotatable bonds is 6. The minimum absolute atomic E-state index is 0.197. The highest BCUT2D eigenvalue weighted by molar-refractivity contribution is 5.77. The predicted octanol–water partition coefficient (Wildman–Crippen LogP) is 2.18. The minimum atomic E-state index is 0.197. The molecule has 4 nitrogen and oxygen atoms in total. The molecule has 2 aliphatic rings. The quantitative estimate of drug-likeness (QED) is 0.812. The Morgan fingerprint density at radius 2 is 1.85 bits per heavy atom. The molecule has 0 bridgehead atoms. The van der Waals surface area contributed by atoms with Gasteiger partial charge in [0.2, 0.25) is 5.91 Å².